The zero-order valence-electron chi connectivity index (χ0n) is 9.08. The van der Waals surface area contributed by atoms with Crippen molar-refractivity contribution >= 4 is 5.91 Å². The molecule has 1 saturated heterocycles. The Labute approximate surface area is 85.4 Å². The summed E-state index contributed by atoms with van der Waals surface area (Å²) in [7, 11) is 0. The fourth-order valence-corrected chi connectivity index (χ4v) is 1.37. The van der Waals surface area contributed by atoms with Gasteiger partial charge < -0.3 is 15.4 Å². The molecule has 1 aliphatic heterocycles. The van der Waals surface area contributed by atoms with Gasteiger partial charge >= 0.3 is 0 Å². The Morgan fingerprint density at radius 2 is 2.00 bits per heavy atom. The van der Waals surface area contributed by atoms with Crippen LogP contribution in [-0.2, 0) is 9.53 Å². The van der Waals surface area contributed by atoms with Crippen molar-refractivity contribution in [3.63, 3.8) is 0 Å². The van der Waals surface area contributed by atoms with Crippen LogP contribution in [0.1, 0.15) is 26.7 Å². The Morgan fingerprint density at radius 1 is 1.43 bits per heavy atom. The van der Waals surface area contributed by atoms with Crippen molar-refractivity contribution in [3.8, 4) is 0 Å². The molecule has 82 valence electrons. The van der Waals surface area contributed by atoms with E-state index in [1.165, 1.54) is 0 Å². The van der Waals surface area contributed by atoms with Crippen molar-refractivity contribution in [2.45, 2.75) is 32.3 Å². The van der Waals surface area contributed by atoms with Crippen LogP contribution >= 0.6 is 0 Å². The van der Waals surface area contributed by atoms with Gasteiger partial charge in [-0.2, -0.15) is 0 Å². The third kappa shape index (κ3) is 3.27. The van der Waals surface area contributed by atoms with Gasteiger partial charge in [-0.3, -0.25) is 4.79 Å². The summed E-state index contributed by atoms with van der Waals surface area (Å²) in [6.45, 7) is 6.13. The van der Waals surface area contributed by atoms with Crippen LogP contribution in [0, 0.1) is 0 Å². The fraction of sp³-hybridized carbons (Fsp3) is 0.900. The van der Waals surface area contributed by atoms with Crippen LogP contribution in [0.25, 0.3) is 0 Å². The molecular weight excluding hydrogens is 180 g/mol. The summed E-state index contributed by atoms with van der Waals surface area (Å²) < 4.78 is 5.44. The van der Waals surface area contributed by atoms with Gasteiger partial charge in [-0.15, -0.1) is 0 Å². The van der Waals surface area contributed by atoms with E-state index in [0.717, 1.165) is 25.9 Å². The maximum atomic E-state index is 11.6. The topological polar surface area (TPSA) is 55.6 Å². The van der Waals surface area contributed by atoms with Crippen LogP contribution < -0.4 is 5.73 Å². The highest BCUT2D eigenvalue weighted by atomic mass is 16.5. The summed E-state index contributed by atoms with van der Waals surface area (Å²) in [6, 6.07) is 0. The number of ether oxygens (including phenoxy) is 1. The predicted octanol–water partition coefficient (Wildman–Crippen LogP) is 0.363. The maximum Gasteiger partial charge on any atom is 0.248 e. The number of nitrogens with two attached hydrogens (primary N) is 1. The minimum Gasteiger partial charge on any atom is -0.364 e. The summed E-state index contributed by atoms with van der Waals surface area (Å²) in [5.41, 5.74) is 5.10. The van der Waals surface area contributed by atoms with Gasteiger partial charge in [-0.05, 0) is 26.7 Å². The molecule has 0 unspecified atom stereocenters. The molecule has 4 heteroatoms. The van der Waals surface area contributed by atoms with E-state index in [-0.39, 0.29) is 12.5 Å². The van der Waals surface area contributed by atoms with Gasteiger partial charge in [-0.25, -0.2) is 0 Å². The number of amides is 1. The lowest BCUT2D eigenvalue weighted by Gasteiger charge is -2.24. The van der Waals surface area contributed by atoms with E-state index in [2.05, 4.69) is 0 Å². The third-order valence-electron chi connectivity index (χ3n) is 2.54. The van der Waals surface area contributed by atoms with Gasteiger partial charge in [0.2, 0.25) is 5.91 Å². The van der Waals surface area contributed by atoms with Crippen LogP contribution in [0.5, 0.6) is 0 Å². The van der Waals surface area contributed by atoms with Crippen molar-refractivity contribution < 1.29 is 9.53 Å². The van der Waals surface area contributed by atoms with E-state index in [4.69, 9.17) is 10.5 Å². The van der Waals surface area contributed by atoms with Crippen LogP contribution in [0.2, 0.25) is 0 Å². The first kappa shape index (κ1) is 11.5. The summed E-state index contributed by atoms with van der Waals surface area (Å²) in [6.07, 6.45) is 2.23. The molecular formula is C10H20N2O2. The molecule has 0 atom stereocenters. The predicted molar refractivity (Wildman–Crippen MR) is 54.9 cm³/mol. The number of hydrogen-bond donors (Lipinski definition) is 1. The first-order valence-electron chi connectivity index (χ1n) is 5.17. The summed E-state index contributed by atoms with van der Waals surface area (Å²) in [5.74, 6) is 0.0871. The molecule has 0 radical (unpaired) electrons. The highest BCUT2D eigenvalue weighted by molar-refractivity contribution is 5.77. The second-order valence-corrected chi connectivity index (χ2v) is 4.34. The molecule has 1 rings (SSSR count). The van der Waals surface area contributed by atoms with Crippen molar-refractivity contribution in [1.82, 2.24) is 4.90 Å². The maximum absolute atomic E-state index is 11.6. The Bertz CT molecular complexity index is 198. The van der Waals surface area contributed by atoms with Gasteiger partial charge in [0.05, 0.1) is 5.60 Å². The zero-order valence-corrected chi connectivity index (χ0v) is 9.08. The summed E-state index contributed by atoms with van der Waals surface area (Å²) in [4.78, 5) is 13.4. The Hall–Kier alpha value is -0.610. The second-order valence-electron chi connectivity index (χ2n) is 4.34. The largest absolute Gasteiger partial charge is 0.364 e. The number of carbonyl (C=O) groups excluding carboxylic acids is 1. The highest BCUT2D eigenvalue weighted by Gasteiger charge is 2.22. The van der Waals surface area contributed by atoms with Gasteiger partial charge in [0, 0.05) is 19.6 Å². The molecule has 1 fully saturated rings. The summed E-state index contributed by atoms with van der Waals surface area (Å²) in [5, 5.41) is 0. The standard InChI is InChI=1S/C10H20N2O2/c1-10(2,8-11)14-7-9(13)12-5-3-4-6-12/h3-8,11H2,1-2H3. The molecule has 2 N–H and O–H groups in total. The lowest BCUT2D eigenvalue weighted by molar-refractivity contribution is -0.140. The molecule has 1 heterocycles. The van der Waals surface area contributed by atoms with Crippen molar-refractivity contribution in [3.05, 3.63) is 0 Å². The highest BCUT2D eigenvalue weighted by Crippen LogP contribution is 2.10. The van der Waals surface area contributed by atoms with E-state index in [9.17, 15) is 4.79 Å². The zero-order chi connectivity index (χ0) is 10.6. The molecule has 0 spiro atoms. The van der Waals surface area contributed by atoms with E-state index in [1.807, 2.05) is 18.7 Å². The molecule has 0 bridgehead atoms. The fourth-order valence-electron chi connectivity index (χ4n) is 1.37. The Morgan fingerprint density at radius 3 is 2.50 bits per heavy atom. The average Bonchev–Trinajstić information content (AvgIpc) is 2.67. The van der Waals surface area contributed by atoms with E-state index < -0.39 is 5.60 Å². The molecule has 0 aromatic rings. The molecule has 0 aromatic heterocycles. The van der Waals surface area contributed by atoms with Crippen LogP contribution in [0.15, 0.2) is 0 Å². The first-order chi connectivity index (χ1) is 6.55. The first-order valence-corrected chi connectivity index (χ1v) is 5.17. The average molecular weight is 200 g/mol. The number of rotatable bonds is 4. The van der Waals surface area contributed by atoms with Crippen molar-refractivity contribution in [2.24, 2.45) is 5.73 Å². The monoisotopic (exact) mass is 200 g/mol. The number of hydrogen-bond acceptors (Lipinski definition) is 3. The van der Waals surface area contributed by atoms with Gasteiger partial charge in [-0.1, -0.05) is 0 Å². The van der Waals surface area contributed by atoms with Crippen molar-refractivity contribution in [1.29, 1.82) is 0 Å². The van der Waals surface area contributed by atoms with E-state index in [0.29, 0.717) is 6.54 Å². The minimum absolute atomic E-state index is 0.0871. The number of nitrogens with zero attached hydrogens (tertiary/aromatic N) is 1. The Kier molecular flexibility index (Phi) is 3.89. The van der Waals surface area contributed by atoms with Crippen LogP contribution in [-0.4, -0.2) is 42.6 Å². The molecule has 0 saturated carbocycles. The molecule has 0 aliphatic carbocycles. The van der Waals surface area contributed by atoms with Crippen LogP contribution in [0.3, 0.4) is 0 Å². The SMILES string of the molecule is CC(C)(CN)OCC(=O)N1CCCC1. The summed E-state index contributed by atoms with van der Waals surface area (Å²) >= 11 is 0. The molecule has 0 aromatic carbocycles. The molecule has 14 heavy (non-hydrogen) atoms. The Balaban J connectivity index is 2.27. The van der Waals surface area contributed by atoms with Gasteiger partial charge in [0.15, 0.2) is 0 Å². The lowest BCUT2D eigenvalue weighted by Crippen LogP contribution is -2.39. The van der Waals surface area contributed by atoms with Crippen LogP contribution in [0.4, 0.5) is 0 Å². The number of carbonyl (C=O) groups is 1. The number of likely N-dealkylation sites (tertiary alicyclic amines) is 1. The van der Waals surface area contributed by atoms with E-state index >= 15 is 0 Å². The second kappa shape index (κ2) is 4.75. The van der Waals surface area contributed by atoms with E-state index in [1.54, 1.807) is 0 Å². The quantitative estimate of drug-likeness (QED) is 0.713. The smallest absolute Gasteiger partial charge is 0.248 e. The molecule has 4 nitrogen and oxygen atoms in total. The third-order valence-corrected chi connectivity index (χ3v) is 2.54. The lowest BCUT2D eigenvalue weighted by atomic mass is 10.1. The normalized spacial score (nSPS) is 17.5. The minimum atomic E-state index is -0.393. The van der Waals surface area contributed by atoms with Gasteiger partial charge in [0.1, 0.15) is 6.61 Å². The molecule has 1 aliphatic rings. The molecule has 1 amide bonds. The van der Waals surface area contributed by atoms with Crippen molar-refractivity contribution in [2.75, 3.05) is 26.2 Å². The van der Waals surface area contributed by atoms with Gasteiger partial charge in [0.25, 0.3) is 0 Å².